The van der Waals surface area contributed by atoms with Crippen molar-refractivity contribution >= 4 is 42.8 Å². The number of nitrogens with zero attached hydrogens (tertiary/aromatic N) is 1. The molecule has 0 radical (unpaired) electrons. The number of ether oxygens (including phenoxy) is 1. The summed E-state index contributed by atoms with van der Waals surface area (Å²) in [5.74, 6) is 0.942. The predicted octanol–water partition coefficient (Wildman–Crippen LogP) is 5.49. The maximum Gasteiger partial charge on any atom is 0.165 e. The molecular weight excluding hydrogens is 382 g/mol. The van der Waals surface area contributed by atoms with Gasteiger partial charge in [-0.05, 0) is 48.9 Å². The molecule has 4 heteroatoms. The van der Waals surface area contributed by atoms with Crippen LogP contribution < -0.4 is 4.74 Å². The average molecular weight is 393 g/mol. The molecule has 2 nitrogen and oxygen atoms in total. The third-order valence-corrected chi connectivity index (χ3v) is 4.81. The van der Waals surface area contributed by atoms with E-state index in [1.807, 2.05) is 6.07 Å². The Morgan fingerprint density at radius 3 is 2.65 bits per heavy atom. The van der Waals surface area contributed by atoms with Crippen molar-refractivity contribution in [3.05, 3.63) is 50.9 Å². The van der Waals surface area contributed by atoms with E-state index in [1.54, 1.807) is 0 Å². The van der Waals surface area contributed by atoms with Crippen molar-refractivity contribution in [2.24, 2.45) is 0 Å². The lowest BCUT2D eigenvalue weighted by molar-refractivity contribution is 0.235. The number of hydrogen-bond acceptors (Lipinski definition) is 1. The fourth-order valence-corrected chi connectivity index (χ4v) is 3.62. The van der Waals surface area contributed by atoms with Crippen LogP contribution >= 0.6 is 31.9 Å². The zero-order valence-electron chi connectivity index (χ0n) is 10.8. The number of hydrogen-bond donors (Lipinski definition) is 0. The van der Waals surface area contributed by atoms with Crippen LogP contribution in [0.4, 0.5) is 0 Å². The quantitative estimate of drug-likeness (QED) is 0.493. The van der Waals surface area contributed by atoms with E-state index < -0.39 is 0 Å². The summed E-state index contributed by atoms with van der Waals surface area (Å²) in [6.07, 6.45) is 0. The second-order valence-electron chi connectivity index (χ2n) is 4.98. The minimum Gasteiger partial charge on any atom is -0.472 e. The molecule has 0 amide bonds. The predicted molar refractivity (Wildman–Crippen MR) is 88.1 cm³/mol. The summed E-state index contributed by atoms with van der Waals surface area (Å²) in [5, 5.41) is 1.27. The smallest absolute Gasteiger partial charge is 0.165 e. The van der Waals surface area contributed by atoms with Crippen LogP contribution in [0.3, 0.4) is 0 Å². The van der Waals surface area contributed by atoms with E-state index in [9.17, 15) is 0 Å². The van der Waals surface area contributed by atoms with E-state index in [4.69, 9.17) is 4.74 Å². The molecule has 20 heavy (non-hydrogen) atoms. The maximum atomic E-state index is 5.90. The highest BCUT2D eigenvalue weighted by atomic mass is 79.9. The van der Waals surface area contributed by atoms with Crippen LogP contribution in [-0.4, -0.2) is 4.57 Å². The first-order chi connectivity index (χ1) is 9.65. The van der Waals surface area contributed by atoms with Gasteiger partial charge in [0, 0.05) is 19.9 Å². The largest absolute Gasteiger partial charge is 0.472 e. The molecule has 0 atom stereocenters. The van der Waals surface area contributed by atoms with Crippen molar-refractivity contribution in [3.8, 4) is 17.0 Å². The Hall–Kier alpha value is -1.26. The molecule has 1 aromatic heterocycles. The summed E-state index contributed by atoms with van der Waals surface area (Å²) >= 11 is 7.05. The van der Waals surface area contributed by atoms with Gasteiger partial charge < -0.3 is 9.30 Å². The van der Waals surface area contributed by atoms with E-state index in [1.165, 1.54) is 22.2 Å². The van der Waals surface area contributed by atoms with E-state index >= 15 is 0 Å². The van der Waals surface area contributed by atoms with Crippen molar-refractivity contribution in [3.63, 3.8) is 0 Å². The molecule has 0 aliphatic carbocycles. The summed E-state index contributed by atoms with van der Waals surface area (Å²) in [6.45, 7) is 2.74. The molecule has 0 saturated carbocycles. The van der Waals surface area contributed by atoms with Gasteiger partial charge in [-0.15, -0.1) is 0 Å². The Morgan fingerprint density at radius 2 is 1.80 bits per heavy atom. The Morgan fingerprint density at radius 1 is 1.05 bits per heavy atom. The Bertz CT molecular complexity index is 851. The molecule has 0 unspecified atom stereocenters. The van der Waals surface area contributed by atoms with Crippen LogP contribution in [0.1, 0.15) is 5.56 Å². The van der Waals surface area contributed by atoms with Gasteiger partial charge >= 0.3 is 0 Å². The van der Waals surface area contributed by atoms with Crippen LogP contribution in [0, 0.1) is 6.92 Å². The third-order valence-electron chi connectivity index (χ3n) is 3.83. The number of rotatable bonds is 0. The Balaban J connectivity index is 2.10. The van der Waals surface area contributed by atoms with E-state index in [2.05, 4.69) is 73.7 Å². The topological polar surface area (TPSA) is 14.2 Å². The molecule has 0 spiro atoms. The van der Waals surface area contributed by atoms with Crippen molar-refractivity contribution in [2.75, 3.05) is 0 Å². The van der Waals surface area contributed by atoms with Crippen LogP contribution in [0.5, 0.6) is 5.75 Å². The van der Waals surface area contributed by atoms with Gasteiger partial charge in [-0.3, -0.25) is 0 Å². The van der Waals surface area contributed by atoms with Gasteiger partial charge in [0.2, 0.25) is 0 Å². The minimum atomic E-state index is 0.560. The molecule has 0 fully saturated rings. The fourth-order valence-electron chi connectivity index (χ4n) is 2.92. The molecule has 2 aromatic carbocycles. The fraction of sp³-hybridized carbons (Fsp3) is 0.125. The molecule has 0 saturated heterocycles. The van der Waals surface area contributed by atoms with Gasteiger partial charge in [-0.1, -0.05) is 31.9 Å². The number of aryl methyl sites for hydroxylation is 1. The highest BCUT2D eigenvalue weighted by Gasteiger charge is 2.23. The monoisotopic (exact) mass is 391 g/mol. The maximum absolute atomic E-state index is 5.90. The first-order valence-electron chi connectivity index (χ1n) is 6.36. The van der Waals surface area contributed by atoms with Crippen LogP contribution in [-0.2, 0) is 6.73 Å². The first-order valence-corrected chi connectivity index (χ1v) is 7.95. The molecule has 0 N–H and O–H groups in total. The van der Waals surface area contributed by atoms with Crippen LogP contribution in [0.15, 0.2) is 45.3 Å². The van der Waals surface area contributed by atoms with Gasteiger partial charge in [-0.2, -0.15) is 0 Å². The molecule has 1 aliphatic heterocycles. The second kappa shape index (κ2) is 4.37. The van der Waals surface area contributed by atoms with Crippen molar-refractivity contribution in [1.29, 1.82) is 0 Å². The lowest BCUT2D eigenvalue weighted by Gasteiger charge is -2.22. The SMILES string of the molecule is Cc1c2n(c3ccc(Br)cc13)COc1cc(Br)ccc1-2. The summed E-state index contributed by atoms with van der Waals surface area (Å²) in [6, 6.07) is 12.6. The van der Waals surface area contributed by atoms with Gasteiger partial charge in [0.1, 0.15) is 5.75 Å². The number of halogens is 2. The normalized spacial score (nSPS) is 12.9. The van der Waals surface area contributed by atoms with Crippen LogP contribution in [0.2, 0.25) is 0 Å². The average Bonchev–Trinajstić information content (AvgIpc) is 2.72. The molecule has 0 bridgehead atoms. The van der Waals surface area contributed by atoms with Crippen molar-refractivity contribution in [1.82, 2.24) is 4.57 Å². The standard InChI is InChI=1S/C16H11Br2NO/c1-9-13-6-10(17)3-5-14(13)19-8-20-15-7-11(18)2-4-12(15)16(9)19/h2-7H,8H2,1H3. The number of fused-ring (bicyclic) bond motifs is 5. The van der Waals surface area contributed by atoms with E-state index in [0.29, 0.717) is 6.73 Å². The van der Waals surface area contributed by atoms with E-state index in [-0.39, 0.29) is 0 Å². The summed E-state index contributed by atoms with van der Waals surface area (Å²) in [7, 11) is 0. The van der Waals surface area contributed by atoms with Gasteiger partial charge in [0.15, 0.2) is 6.73 Å². The third kappa shape index (κ3) is 1.68. The lowest BCUT2D eigenvalue weighted by Crippen LogP contribution is -2.12. The summed E-state index contributed by atoms with van der Waals surface area (Å²) in [4.78, 5) is 0. The molecule has 4 rings (SSSR count). The zero-order valence-corrected chi connectivity index (χ0v) is 14.0. The van der Waals surface area contributed by atoms with Crippen molar-refractivity contribution in [2.45, 2.75) is 13.7 Å². The Kier molecular flexibility index (Phi) is 2.72. The van der Waals surface area contributed by atoms with Gasteiger partial charge in [0.05, 0.1) is 11.2 Å². The second-order valence-corrected chi connectivity index (χ2v) is 6.81. The first kappa shape index (κ1) is 12.5. The molecule has 2 heterocycles. The molecular formula is C16H11Br2NO. The minimum absolute atomic E-state index is 0.560. The van der Waals surface area contributed by atoms with Gasteiger partial charge in [0.25, 0.3) is 0 Å². The highest BCUT2D eigenvalue weighted by molar-refractivity contribution is 9.10. The molecule has 1 aliphatic rings. The van der Waals surface area contributed by atoms with Gasteiger partial charge in [-0.25, -0.2) is 0 Å². The number of benzene rings is 2. The Labute approximate surface area is 133 Å². The van der Waals surface area contributed by atoms with Crippen molar-refractivity contribution < 1.29 is 4.74 Å². The summed E-state index contributed by atoms with van der Waals surface area (Å²) < 4.78 is 10.3. The molecule has 100 valence electrons. The van der Waals surface area contributed by atoms with E-state index in [0.717, 1.165) is 20.3 Å². The number of aromatic nitrogens is 1. The zero-order chi connectivity index (χ0) is 13.9. The van der Waals surface area contributed by atoms with Crippen LogP contribution in [0.25, 0.3) is 22.2 Å². The lowest BCUT2D eigenvalue weighted by atomic mass is 10.1. The highest BCUT2D eigenvalue weighted by Crippen LogP contribution is 2.42. The summed E-state index contributed by atoms with van der Waals surface area (Å²) in [5.41, 5.74) is 4.93. The molecule has 3 aromatic rings.